The SMILES string of the molecule is CCC(C)c1[nH]c(C)c(C=O)c1Cl. The van der Waals surface area contributed by atoms with Crippen LogP contribution < -0.4 is 0 Å². The van der Waals surface area contributed by atoms with Crippen molar-refractivity contribution in [1.29, 1.82) is 0 Å². The van der Waals surface area contributed by atoms with Crippen LogP contribution in [0.4, 0.5) is 0 Å². The lowest BCUT2D eigenvalue weighted by molar-refractivity contribution is 0.112. The molecule has 0 fully saturated rings. The molecule has 0 aliphatic rings. The van der Waals surface area contributed by atoms with Crippen LogP contribution in [0.15, 0.2) is 0 Å². The molecule has 0 spiro atoms. The topological polar surface area (TPSA) is 32.9 Å². The van der Waals surface area contributed by atoms with E-state index < -0.39 is 0 Å². The zero-order chi connectivity index (χ0) is 10.0. The summed E-state index contributed by atoms with van der Waals surface area (Å²) in [6.07, 6.45) is 1.82. The Morgan fingerprint density at radius 3 is 2.62 bits per heavy atom. The summed E-state index contributed by atoms with van der Waals surface area (Å²) in [7, 11) is 0. The standard InChI is InChI=1S/C10H14ClNO/c1-4-6(2)10-9(11)8(5-13)7(3)12-10/h5-6,12H,4H2,1-3H3. The van der Waals surface area contributed by atoms with Crippen molar-refractivity contribution in [2.45, 2.75) is 33.1 Å². The minimum Gasteiger partial charge on any atom is -0.360 e. The zero-order valence-electron chi connectivity index (χ0n) is 8.15. The van der Waals surface area contributed by atoms with Gasteiger partial charge in [0.2, 0.25) is 0 Å². The van der Waals surface area contributed by atoms with Crippen LogP contribution in [0, 0.1) is 6.92 Å². The fraction of sp³-hybridized carbons (Fsp3) is 0.500. The Balaban J connectivity index is 3.17. The molecule has 0 amide bonds. The maximum atomic E-state index is 10.7. The van der Waals surface area contributed by atoms with E-state index in [9.17, 15) is 4.79 Å². The van der Waals surface area contributed by atoms with Gasteiger partial charge >= 0.3 is 0 Å². The third kappa shape index (κ3) is 1.78. The number of hydrogen-bond acceptors (Lipinski definition) is 1. The number of hydrogen-bond donors (Lipinski definition) is 1. The molecule has 1 aromatic rings. The molecule has 0 radical (unpaired) electrons. The molecule has 1 atom stereocenters. The summed E-state index contributed by atoms with van der Waals surface area (Å²) in [5.41, 5.74) is 2.43. The van der Waals surface area contributed by atoms with Gasteiger partial charge < -0.3 is 4.98 Å². The van der Waals surface area contributed by atoms with Crippen LogP contribution in [-0.2, 0) is 0 Å². The van der Waals surface area contributed by atoms with E-state index in [1.807, 2.05) is 6.92 Å². The van der Waals surface area contributed by atoms with Crippen molar-refractivity contribution in [2.24, 2.45) is 0 Å². The lowest BCUT2D eigenvalue weighted by Gasteiger charge is -2.05. The first-order valence-electron chi connectivity index (χ1n) is 4.44. The van der Waals surface area contributed by atoms with Crippen LogP contribution in [0.1, 0.15) is 47.9 Å². The fourth-order valence-corrected chi connectivity index (χ4v) is 1.74. The van der Waals surface area contributed by atoms with Crippen LogP contribution >= 0.6 is 11.6 Å². The van der Waals surface area contributed by atoms with Gasteiger partial charge in [0.1, 0.15) is 0 Å². The summed E-state index contributed by atoms with van der Waals surface area (Å²) >= 11 is 6.04. The lowest BCUT2D eigenvalue weighted by atomic mass is 10.1. The van der Waals surface area contributed by atoms with Crippen molar-refractivity contribution in [3.8, 4) is 0 Å². The minimum atomic E-state index is 0.375. The molecule has 1 aromatic heterocycles. The Morgan fingerprint density at radius 2 is 2.23 bits per heavy atom. The van der Waals surface area contributed by atoms with Gasteiger partial charge in [0.05, 0.1) is 10.6 Å². The quantitative estimate of drug-likeness (QED) is 0.745. The van der Waals surface area contributed by atoms with Gasteiger partial charge in [-0.1, -0.05) is 25.4 Å². The smallest absolute Gasteiger partial charge is 0.153 e. The highest BCUT2D eigenvalue weighted by atomic mass is 35.5. The number of aromatic nitrogens is 1. The molecule has 1 rings (SSSR count). The minimum absolute atomic E-state index is 0.375. The zero-order valence-corrected chi connectivity index (χ0v) is 8.90. The number of H-pyrrole nitrogens is 1. The molecule has 3 heteroatoms. The fourth-order valence-electron chi connectivity index (χ4n) is 1.32. The molecule has 1 N–H and O–H groups in total. The van der Waals surface area contributed by atoms with Crippen LogP contribution in [-0.4, -0.2) is 11.3 Å². The maximum Gasteiger partial charge on any atom is 0.153 e. The molecule has 0 saturated heterocycles. The van der Waals surface area contributed by atoms with E-state index in [0.29, 0.717) is 16.5 Å². The maximum absolute atomic E-state index is 10.7. The van der Waals surface area contributed by atoms with E-state index >= 15 is 0 Å². The Labute approximate surface area is 83.3 Å². The summed E-state index contributed by atoms with van der Waals surface area (Å²) in [6.45, 7) is 6.05. The summed E-state index contributed by atoms with van der Waals surface area (Å²) in [5.74, 6) is 0.375. The lowest BCUT2D eigenvalue weighted by Crippen LogP contribution is -1.92. The molecule has 2 nitrogen and oxygen atoms in total. The Kier molecular flexibility index (Phi) is 3.15. The first kappa shape index (κ1) is 10.3. The monoisotopic (exact) mass is 199 g/mol. The van der Waals surface area contributed by atoms with Gasteiger partial charge in [0.25, 0.3) is 0 Å². The number of carbonyl (C=O) groups is 1. The number of aldehydes is 1. The van der Waals surface area contributed by atoms with Crippen molar-refractivity contribution in [2.75, 3.05) is 0 Å². The predicted octanol–water partition coefficient (Wildman–Crippen LogP) is 3.30. The molecular formula is C10H14ClNO. The Bertz CT molecular complexity index is 317. The molecule has 0 saturated carbocycles. The average molecular weight is 200 g/mol. The largest absolute Gasteiger partial charge is 0.360 e. The second-order valence-corrected chi connectivity index (χ2v) is 3.70. The van der Waals surface area contributed by atoms with Gasteiger partial charge in [-0.25, -0.2) is 0 Å². The molecule has 0 aromatic carbocycles. The van der Waals surface area contributed by atoms with Crippen molar-refractivity contribution in [3.05, 3.63) is 22.0 Å². The number of aromatic amines is 1. The van der Waals surface area contributed by atoms with Gasteiger partial charge in [0.15, 0.2) is 6.29 Å². The van der Waals surface area contributed by atoms with Gasteiger partial charge in [-0.2, -0.15) is 0 Å². The molecule has 0 aliphatic heterocycles. The van der Waals surface area contributed by atoms with Crippen LogP contribution in [0.3, 0.4) is 0 Å². The normalized spacial score (nSPS) is 12.9. The van der Waals surface area contributed by atoms with Gasteiger partial charge in [-0.3, -0.25) is 4.79 Å². The number of nitrogens with one attached hydrogen (secondary N) is 1. The third-order valence-electron chi connectivity index (χ3n) is 2.42. The van der Waals surface area contributed by atoms with Crippen molar-refractivity contribution < 1.29 is 4.79 Å². The Morgan fingerprint density at radius 1 is 1.62 bits per heavy atom. The number of halogens is 1. The number of rotatable bonds is 3. The summed E-state index contributed by atoms with van der Waals surface area (Å²) in [6, 6.07) is 0. The molecule has 13 heavy (non-hydrogen) atoms. The van der Waals surface area contributed by atoms with Crippen molar-refractivity contribution >= 4 is 17.9 Å². The third-order valence-corrected chi connectivity index (χ3v) is 2.83. The van der Waals surface area contributed by atoms with Crippen LogP contribution in [0.5, 0.6) is 0 Å². The van der Waals surface area contributed by atoms with Crippen molar-refractivity contribution in [3.63, 3.8) is 0 Å². The van der Waals surface area contributed by atoms with Gasteiger partial charge in [0, 0.05) is 11.4 Å². The second kappa shape index (κ2) is 3.97. The highest BCUT2D eigenvalue weighted by Gasteiger charge is 2.15. The predicted molar refractivity (Wildman–Crippen MR) is 54.6 cm³/mol. The van der Waals surface area contributed by atoms with Crippen molar-refractivity contribution in [1.82, 2.24) is 4.98 Å². The van der Waals surface area contributed by atoms with Gasteiger partial charge in [-0.05, 0) is 19.3 Å². The molecule has 0 bridgehead atoms. The number of carbonyl (C=O) groups excluding carboxylic acids is 1. The van der Waals surface area contributed by atoms with E-state index in [4.69, 9.17) is 11.6 Å². The molecule has 1 unspecified atom stereocenters. The molecular weight excluding hydrogens is 186 g/mol. The van der Waals surface area contributed by atoms with Crippen LogP contribution in [0.2, 0.25) is 5.02 Å². The highest BCUT2D eigenvalue weighted by Crippen LogP contribution is 2.30. The second-order valence-electron chi connectivity index (χ2n) is 3.32. The molecule has 0 aliphatic carbocycles. The van der Waals surface area contributed by atoms with Crippen LogP contribution in [0.25, 0.3) is 0 Å². The molecule has 1 heterocycles. The highest BCUT2D eigenvalue weighted by molar-refractivity contribution is 6.33. The first-order valence-corrected chi connectivity index (χ1v) is 4.82. The van der Waals surface area contributed by atoms with E-state index in [1.54, 1.807) is 0 Å². The number of aryl methyl sites for hydroxylation is 1. The first-order chi connectivity index (χ1) is 6.11. The summed E-state index contributed by atoms with van der Waals surface area (Å²) in [5, 5.41) is 0.585. The van der Waals surface area contributed by atoms with E-state index in [1.165, 1.54) is 0 Å². The Hall–Kier alpha value is -0.760. The van der Waals surface area contributed by atoms with Gasteiger partial charge in [-0.15, -0.1) is 0 Å². The van der Waals surface area contributed by atoms with E-state index in [2.05, 4.69) is 18.8 Å². The van der Waals surface area contributed by atoms with E-state index in [0.717, 1.165) is 24.1 Å². The summed E-state index contributed by atoms with van der Waals surface area (Å²) < 4.78 is 0. The summed E-state index contributed by atoms with van der Waals surface area (Å²) in [4.78, 5) is 13.8. The molecule has 72 valence electrons. The van der Waals surface area contributed by atoms with E-state index in [-0.39, 0.29) is 0 Å². The average Bonchev–Trinajstić information content (AvgIpc) is 2.40.